The minimum atomic E-state index is -0.912. The summed E-state index contributed by atoms with van der Waals surface area (Å²) in [4.78, 5) is 18.8. The molecule has 33 heavy (non-hydrogen) atoms. The first kappa shape index (κ1) is 22.4. The number of nitrogens with one attached hydrogen (secondary N) is 2. The molecule has 9 nitrogen and oxygen atoms in total. The summed E-state index contributed by atoms with van der Waals surface area (Å²) < 4.78 is 17.1. The zero-order valence-electron chi connectivity index (χ0n) is 18.7. The summed E-state index contributed by atoms with van der Waals surface area (Å²) in [5.41, 5.74) is 8.55. The van der Waals surface area contributed by atoms with Gasteiger partial charge in [-0.2, -0.15) is 0 Å². The molecule has 9 heteroatoms. The minimum Gasteiger partial charge on any atom is -0.486 e. The third-order valence-corrected chi connectivity index (χ3v) is 5.59. The zero-order valence-corrected chi connectivity index (χ0v) is 18.7. The van der Waals surface area contributed by atoms with Crippen LogP contribution in [0.15, 0.2) is 47.5 Å². The number of nitrogens with two attached hydrogens (primary N) is 1. The number of aliphatic imine (C=N–C) groups is 1. The first-order chi connectivity index (χ1) is 16.0. The number of carbonyl (C=O) groups is 1. The van der Waals surface area contributed by atoms with Gasteiger partial charge in [-0.1, -0.05) is 18.2 Å². The third kappa shape index (κ3) is 5.54. The molecule has 4 rings (SSSR count). The molecule has 2 aromatic carbocycles. The van der Waals surface area contributed by atoms with Gasteiger partial charge in [0.15, 0.2) is 5.96 Å². The van der Waals surface area contributed by atoms with Crippen molar-refractivity contribution in [3.05, 3.63) is 59.2 Å². The lowest BCUT2D eigenvalue weighted by molar-refractivity contribution is -0.151. The maximum absolute atomic E-state index is 12.7. The molecule has 0 aliphatic carbocycles. The number of ether oxygens (including phenoxy) is 3. The highest BCUT2D eigenvalue weighted by Gasteiger charge is 2.25. The van der Waals surface area contributed by atoms with E-state index in [0.717, 1.165) is 30.9 Å². The fourth-order valence-electron chi connectivity index (χ4n) is 3.85. The van der Waals surface area contributed by atoms with Crippen LogP contribution in [-0.4, -0.2) is 55.5 Å². The van der Waals surface area contributed by atoms with Crippen LogP contribution in [0.2, 0.25) is 0 Å². The molecule has 1 unspecified atom stereocenters. The van der Waals surface area contributed by atoms with Gasteiger partial charge < -0.3 is 30.2 Å². The number of esters is 1. The number of fused-ring (bicyclic) bond motifs is 1. The predicted octanol–water partition coefficient (Wildman–Crippen LogP) is 2.00. The maximum Gasteiger partial charge on any atom is 0.352 e. The van der Waals surface area contributed by atoms with Crippen molar-refractivity contribution in [3.8, 4) is 11.5 Å². The highest BCUT2D eigenvalue weighted by atomic mass is 16.6. The van der Waals surface area contributed by atoms with Gasteiger partial charge in [-0.25, -0.2) is 4.79 Å². The van der Waals surface area contributed by atoms with Crippen LogP contribution < -0.4 is 20.5 Å². The number of hydrogen-bond acceptors (Lipinski definition) is 7. The molecule has 2 aliphatic rings. The fraction of sp³-hybridized carbons (Fsp3) is 0.375. The molecule has 4 N–H and O–H groups in total. The molecule has 0 amide bonds. The Morgan fingerprint density at radius 2 is 2.00 bits per heavy atom. The predicted molar refractivity (Wildman–Crippen MR) is 125 cm³/mol. The van der Waals surface area contributed by atoms with Gasteiger partial charge in [-0.15, -0.1) is 0 Å². The smallest absolute Gasteiger partial charge is 0.352 e. The van der Waals surface area contributed by atoms with E-state index in [0.29, 0.717) is 36.8 Å². The Labute approximate surface area is 193 Å². The van der Waals surface area contributed by atoms with Crippen molar-refractivity contribution >= 4 is 17.8 Å². The Hall–Kier alpha value is -3.75. The van der Waals surface area contributed by atoms with Gasteiger partial charge in [0.1, 0.15) is 23.9 Å². The van der Waals surface area contributed by atoms with Gasteiger partial charge in [-0.3, -0.25) is 10.4 Å². The van der Waals surface area contributed by atoms with Crippen LogP contribution in [0.1, 0.15) is 29.7 Å². The third-order valence-electron chi connectivity index (χ3n) is 5.59. The Bertz CT molecular complexity index is 1040. The molecule has 2 aromatic rings. The lowest BCUT2D eigenvalue weighted by atomic mass is 9.99. The van der Waals surface area contributed by atoms with Crippen molar-refractivity contribution < 1.29 is 19.0 Å². The van der Waals surface area contributed by atoms with E-state index in [9.17, 15) is 4.79 Å². The molecule has 0 aromatic heterocycles. The normalized spacial score (nSPS) is 15.7. The van der Waals surface area contributed by atoms with Crippen LogP contribution >= 0.6 is 0 Å². The molecule has 0 radical (unpaired) electrons. The molecule has 0 spiro atoms. The monoisotopic (exact) mass is 451 g/mol. The number of carbonyl (C=O) groups excluding carboxylic acids is 1. The Morgan fingerprint density at radius 1 is 1.21 bits per heavy atom. The molecule has 2 heterocycles. The summed E-state index contributed by atoms with van der Waals surface area (Å²) >= 11 is 0. The second kappa shape index (κ2) is 10.2. The van der Waals surface area contributed by atoms with E-state index in [1.54, 1.807) is 36.1 Å². The summed E-state index contributed by atoms with van der Waals surface area (Å²) in [6, 6.07) is 13.0. The average Bonchev–Trinajstić information content (AvgIpc) is 3.35. The molecule has 0 saturated heterocycles. The van der Waals surface area contributed by atoms with Crippen molar-refractivity contribution in [2.75, 3.05) is 32.8 Å². The van der Waals surface area contributed by atoms with Gasteiger partial charge in [0.25, 0.3) is 0 Å². The van der Waals surface area contributed by atoms with Crippen molar-refractivity contribution in [2.45, 2.75) is 26.0 Å². The second-order valence-corrected chi connectivity index (χ2v) is 7.85. The molecule has 0 fully saturated rings. The number of rotatable bonds is 8. The number of amidine groups is 1. The molecular weight excluding hydrogens is 422 g/mol. The van der Waals surface area contributed by atoms with E-state index < -0.39 is 12.1 Å². The highest BCUT2D eigenvalue weighted by molar-refractivity contribution is 5.85. The topological polar surface area (TPSA) is 122 Å². The number of benzene rings is 2. The van der Waals surface area contributed by atoms with Gasteiger partial charge >= 0.3 is 5.97 Å². The summed E-state index contributed by atoms with van der Waals surface area (Å²) in [6.45, 7) is 5.26. The molecule has 0 saturated carbocycles. The van der Waals surface area contributed by atoms with E-state index in [1.807, 2.05) is 18.2 Å². The van der Waals surface area contributed by atoms with Crippen molar-refractivity contribution in [1.82, 2.24) is 10.2 Å². The maximum atomic E-state index is 12.7. The molecule has 174 valence electrons. The van der Waals surface area contributed by atoms with Gasteiger partial charge in [-0.05, 0) is 48.7 Å². The van der Waals surface area contributed by atoms with E-state index >= 15 is 0 Å². The first-order valence-electron chi connectivity index (χ1n) is 11.1. The zero-order chi connectivity index (χ0) is 23.2. The van der Waals surface area contributed by atoms with E-state index in [4.69, 9.17) is 25.4 Å². The first-order valence-corrected chi connectivity index (χ1v) is 11.1. The van der Waals surface area contributed by atoms with Gasteiger partial charge in [0.2, 0.25) is 6.10 Å². The van der Waals surface area contributed by atoms with Crippen molar-refractivity contribution in [1.29, 1.82) is 5.41 Å². The molecular formula is C24H29N5O4. The summed E-state index contributed by atoms with van der Waals surface area (Å²) in [7, 11) is 0. The SMILES string of the molecule is CCOC(=O)C(Oc1ccc2c(c1)CN(C(=N)N)CC2)c1ccc(OCC2=NCCN2)cc1. The summed E-state index contributed by atoms with van der Waals surface area (Å²) in [5, 5.41) is 10.9. The lowest BCUT2D eigenvalue weighted by Gasteiger charge is -2.29. The van der Waals surface area contributed by atoms with E-state index in [-0.39, 0.29) is 12.6 Å². The number of guanidine groups is 1. The molecule has 0 bridgehead atoms. The Morgan fingerprint density at radius 3 is 2.70 bits per heavy atom. The van der Waals surface area contributed by atoms with Crippen LogP contribution in [0, 0.1) is 5.41 Å². The standard InChI is InChI=1S/C24H29N5O4/c1-2-31-23(30)22(17-4-6-19(7-5-17)32-15-21-27-10-11-28-21)33-20-8-3-16-9-12-29(24(25)26)14-18(16)13-20/h3-8,13,22H,2,9-12,14-15H2,1H3,(H3,25,26)(H,27,28). The summed E-state index contributed by atoms with van der Waals surface area (Å²) in [6.07, 6.45) is -0.106. The van der Waals surface area contributed by atoms with Gasteiger partial charge in [0, 0.05) is 25.2 Å². The largest absolute Gasteiger partial charge is 0.486 e. The summed E-state index contributed by atoms with van der Waals surface area (Å²) in [5.74, 6) is 1.66. The number of hydrogen-bond donors (Lipinski definition) is 3. The second-order valence-electron chi connectivity index (χ2n) is 7.85. The average molecular weight is 452 g/mol. The molecule has 2 aliphatic heterocycles. The van der Waals surface area contributed by atoms with Crippen molar-refractivity contribution in [3.63, 3.8) is 0 Å². The quantitative estimate of drug-likeness (QED) is 0.319. The lowest BCUT2D eigenvalue weighted by Crippen LogP contribution is -2.40. The molecule has 1 atom stereocenters. The van der Waals surface area contributed by atoms with Gasteiger partial charge in [0.05, 0.1) is 13.2 Å². The highest BCUT2D eigenvalue weighted by Crippen LogP contribution is 2.29. The number of nitrogens with zero attached hydrogens (tertiary/aromatic N) is 2. The van der Waals surface area contributed by atoms with Crippen molar-refractivity contribution in [2.24, 2.45) is 10.7 Å². The fourth-order valence-corrected chi connectivity index (χ4v) is 3.85. The Balaban J connectivity index is 1.49. The van der Waals surface area contributed by atoms with E-state index in [2.05, 4.69) is 10.3 Å². The van der Waals surface area contributed by atoms with E-state index in [1.165, 1.54) is 5.56 Å². The minimum absolute atomic E-state index is 0.0504. The van der Waals surface area contributed by atoms with Crippen LogP contribution in [0.3, 0.4) is 0 Å². The van der Waals surface area contributed by atoms with Crippen LogP contribution in [0.4, 0.5) is 0 Å². The van der Waals surface area contributed by atoms with Crippen LogP contribution in [0.25, 0.3) is 0 Å². The Kier molecular flexibility index (Phi) is 6.97. The van der Waals surface area contributed by atoms with Crippen LogP contribution in [-0.2, 0) is 22.5 Å². The van der Waals surface area contributed by atoms with Crippen LogP contribution in [0.5, 0.6) is 11.5 Å².